The standard InChI is InChI=1S/C30H35IN2O3S/c1-5-35-25-17-21(16-23(31)28(25)36-6-2)18-32-30-27(22-11-9-7-8-10-12-26(22)37-30)29(34)33-24-15-19(3)13-14-20(24)4/h13-18H,5-12H2,1-4H3,(H,33,34). The van der Waals surface area contributed by atoms with Gasteiger partial charge >= 0.3 is 0 Å². The van der Waals surface area contributed by atoms with E-state index in [0.717, 1.165) is 67.9 Å². The number of benzene rings is 2. The highest BCUT2D eigenvalue weighted by Crippen LogP contribution is 2.40. The SMILES string of the molecule is CCOc1cc(C=Nc2sc3c(c2C(=O)Nc2cc(C)ccc2C)CCCCCC3)cc(I)c1OCC. The van der Waals surface area contributed by atoms with Crippen molar-refractivity contribution in [3.05, 3.63) is 66.6 Å². The van der Waals surface area contributed by atoms with Crippen LogP contribution in [0.3, 0.4) is 0 Å². The second-order valence-corrected chi connectivity index (χ2v) is 11.6. The molecule has 0 spiro atoms. The summed E-state index contributed by atoms with van der Waals surface area (Å²) in [7, 11) is 0. The second-order valence-electron chi connectivity index (χ2n) is 9.32. The lowest BCUT2D eigenvalue weighted by atomic mass is 9.96. The van der Waals surface area contributed by atoms with Gasteiger partial charge in [-0.2, -0.15) is 0 Å². The van der Waals surface area contributed by atoms with Gasteiger partial charge in [-0.1, -0.05) is 25.0 Å². The van der Waals surface area contributed by atoms with E-state index in [1.807, 2.05) is 58.2 Å². The number of hydrogen-bond donors (Lipinski definition) is 1. The van der Waals surface area contributed by atoms with Gasteiger partial charge in [0.1, 0.15) is 5.00 Å². The number of aryl methyl sites for hydroxylation is 3. The molecule has 1 aliphatic carbocycles. The number of thiophene rings is 1. The fourth-order valence-electron chi connectivity index (χ4n) is 4.63. The average molecular weight is 631 g/mol. The Hall–Kier alpha value is -2.39. The van der Waals surface area contributed by atoms with E-state index < -0.39 is 0 Å². The Morgan fingerprint density at radius 1 is 1.05 bits per heavy atom. The fourth-order valence-corrected chi connectivity index (χ4v) is 6.64. The first kappa shape index (κ1) is 27.6. The van der Waals surface area contributed by atoms with Crippen LogP contribution in [0.15, 0.2) is 35.3 Å². The van der Waals surface area contributed by atoms with Crippen molar-refractivity contribution in [2.24, 2.45) is 4.99 Å². The Balaban J connectivity index is 1.73. The third kappa shape index (κ3) is 6.74. The van der Waals surface area contributed by atoms with Crippen LogP contribution in [-0.2, 0) is 12.8 Å². The van der Waals surface area contributed by atoms with Gasteiger partial charge in [0.25, 0.3) is 5.91 Å². The van der Waals surface area contributed by atoms with Gasteiger partial charge in [0.15, 0.2) is 11.5 Å². The molecular weight excluding hydrogens is 595 g/mol. The number of rotatable bonds is 8. The highest BCUT2D eigenvalue weighted by molar-refractivity contribution is 14.1. The molecule has 0 unspecified atom stereocenters. The summed E-state index contributed by atoms with van der Waals surface area (Å²) in [5.41, 5.74) is 5.84. The predicted molar refractivity (Wildman–Crippen MR) is 163 cm³/mol. The Morgan fingerprint density at radius 3 is 2.57 bits per heavy atom. The van der Waals surface area contributed by atoms with Crippen molar-refractivity contribution in [3.8, 4) is 11.5 Å². The van der Waals surface area contributed by atoms with Crippen molar-refractivity contribution in [3.63, 3.8) is 0 Å². The molecule has 0 bridgehead atoms. The van der Waals surface area contributed by atoms with Gasteiger partial charge < -0.3 is 14.8 Å². The first-order valence-corrected chi connectivity index (χ1v) is 15.0. The van der Waals surface area contributed by atoms with Gasteiger partial charge in [0.05, 0.1) is 22.3 Å². The molecule has 37 heavy (non-hydrogen) atoms. The number of nitrogens with one attached hydrogen (secondary N) is 1. The van der Waals surface area contributed by atoms with Crippen LogP contribution in [-0.4, -0.2) is 25.3 Å². The maximum atomic E-state index is 13.7. The molecule has 7 heteroatoms. The average Bonchev–Trinajstić information content (AvgIpc) is 3.18. The number of aliphatic imine (C=N–C) groups is 1. The summed E-state index contributed by atoms with van der Waals surface area (Å²) < 4.78 is 12.6. The molecule has 1 amide bonds. The number of hydrogen-bond acceptors (Lipinski definition) is 5. The lowest BCUT2D eigenvalue weighted by Crippen LogP contribution is -2.15. The summed E-state index contributed by atoms with van der Waals surface area (Å²) in [5.74, 6) is 1.40. The largest absolute Gasteiger partial charge is 0.490 e. The maximum absolute atomic E-state index is 13.7. The Morgan fingerprint density at radius 2 is 1.81 bits per heavy atom. The molecule has 196 valence electrons. The van der Waals surface area contributed by atoms with Crippen molar-refractivity contribution >= 4 is 56.7 Å². The number of anilines is 1. The van der Waals surface area contributed by atoms with E-state index in [9.17, 15) is 4.79 Å². The van der Waals surface area contributed by atoms with E-state index >= 15 is 0 Å². The predicted octanol–water partition coefficient (Wildman–Crippen LogP) is 8.43. The van der Waals surface area contributed by atoms with E-state index in [1.165, 1.54) is 23.3 Å². The van der Waals surface area contributed by atoms with Crippen LogP contribution in [0.5, 0.6) is 11.5 Å². The van der Waals surface area contributed by atoms with Gasteiger partial charge in [-0.3, -0.25) is 4.79 Å². The van der Waals surface area contributed by atoms with Crippen molar-refractivity contribution in [2.45, 2.75) is 66.2 Å². The third-order valence-corrected chi connectivity index (χ3v) is 8.47. The molecule has 2 aromatic carbocycles. The Labute approximate surface area is 237 Å². The van der Waals surface area contributed by atoms with Crippen LogP contribution >= 0.6 is 33.9 Å². The normalized spacial score (nSPS) is 13.6. The van der Waals surface area contributed by atoms with Crippen LogP contribution < -0.4 is 14.8 Å². The van der Waals surface area contributed by atoms with E-state index in [1.54, 1.807) is 11.3 Å². The molecule has 4 rings (SSSR count). The molecule has 1 aliphatic rings. The van der Waals surface area contributed by atoms with Gasteiger partial charge in [-0.15, -0.1) is 11.3 Å². The van der Waals surface area contributed by atoms with Gasteiger partial charge in [-0.05, 0) is 116 Å². The van der Waals surface area contributed by atoms with Crippen molar-refractivity contribution in [2.75, 3.05) is 18.5 Å². The summed E-state index contributed by atoms with van der Waals surface area (Å²) in [6.07, 6.45) is 8.48. The summed E-state index contributed by atoms with van der Waals surface area (Å²) in [4.78, 5) is 19.9. The molecule has 0 radical (unpaired) electrons. The maximum Gasteiger partial charge on any atom is 0.259 e. The van der Waals surface area contributed by atoms with E-state index in [-0.39, 0.29) is 5.91 Å². The zero-order chi connectivity index (χ0) is 26.4. The lowest BCUT2D eigenvalue weighted by Gasteiger charge is -2.14. The quantitative estimate of drug-likeness (QED) is 0.201. The number of ether oxygens (including phenoxy) is 2. The first-order valence-electron chi connectivity index (χ1n) is 13.1. The topological polar surface area (TPSA) is 59.9 Å². The summed E-state index contributed by atoms with van der Waals surface area (Å²) in [6, 6.07) is 10.1. The lowest BCUT2D eigenvalue weighted by molar-refractivity contribution is 0.102. The summed E-state index contributed by atoms with van der Waals surface area (Å²) in [6.45, 7) is 9.12. The molecule has 0 fully saturated rings. The fraction of sp³-hybridized carbons (Fsp3) is 0.400. The molecule has 1 N–H and O–H groups in total. The van der Waals surface area contributed by atoms with Gasteiger partial charge in [0.2, 0.25) is 0 Å². The molecule has 0 saturated heterocycles. The zero-order valence-corrected chi connectivity index (χ0v) is 25.1. The van der Waals surface area contributed by atoms with E-state index in [4.69, 9.17) is 14.5 Å². The second kappa shape index (κ2) is 12.9. The number of amides is 1. The minimum atomic E-state index is -0.0739. The molecule has 1 heterocycles. The number of nitrogens with zero attached hydrogens (tertiary/aromatic N) is 1. The minimum absolute atomic E-state index is 0.0739. The number of carbonyl (C=O) groups excluding carboxylic acids is 1. The van der Waals surface area contributed by atoms with Crippen LogP contribution in [0.25, 0.3) is 0 Å². The summed E-state index contributed by atoms with van der Waals surface area (Å²) in [5, 5.41) is 3.97. The molecule has 0 aliphatic heterocycles. The molecule has 3 aromatic rings. The van der Waals surface area contributed by atoms with E-state index in [2.05, 4.69) is 34.0 Å². The van der Waals surface area contributed by atoms with Gasteiger partial charge in [-0.25, -0.2) is 4.99 Å². The van der Waals surface area contributed by atoms with Crippen LogP contribution in [0.2, 0.25) is 0 Å². The number of halogens is 1. The number of carbonyl (C=O) groups is 1. The van der Waals surface area contributed by atoms with Crippen molar-refractivity contribution in [1.82, 2.24) is 0 Å². The highest BCUT2D eigenvalue weighted by atomic mass is 127. The third-order valence-electron chi connectivity index (χ3n) is 6.47. The Kier molecular flexibility index (Phi) is 9.65. The van der Waals surface area contributed by atoms with Gasteiger partial charge in [0, 0.05) is 16.8 Å². The van der Waals surface area contributed by atoms with Crippen LogP contribution in [0.1, 0.15) is 77.0 Å². The first-order chi connectivity index (χ1) is 17.9. The van der Waals surface area contributed by atoms with Crippen LogP contribution in [0.4, 0.5) is 10.7 Å². The number of fused-ring (bicyclic) bond motifs is 1. The van der Waals surface area contributed by atoms with Crippen LogP contribution in [0, 0.1) is 17.4 Å². The highest BCUT2D eigenvalue weighted by Gasteiger charge is 2.24. The molecular formula is C30H35IN2O3S. The minimum Gasteiger partial charge on any atom is -0.490 e. The monoisotopic (exact) mass is 630 g/mol. The summed E-state index contributed by atoms with van der Waals surface area (Å²) >= 11 is 3.94. The Bertz CT molecular complexity index is 1300. The van der Waals surface area contributed by atoms with E-state index in [0.29, 0.717) is 19.0 Å². The molecule has 0 saturated carbocycles. The van der Waals surface area contributed by atoms with Crippen molar-refractivity contribution in [1.29, 1.82) is 0 Å². The van der Waals surface area contributed by atoms with Crippen molar-refractivity contribution < 1.29 is 14.3 Å². The smallest absolute Gasteiger partial charge is 0.259 e. The molecule has 5 nitrogen and oxygen atoms in total. The molecule has 0 atom stereocenters. The molecule has 1 aromatic heterocycles. The zero-order valence-electron chi connectivity index (χ0n) is 22.1.